The average Bonchev–Trinajstić information content (AvgIpc) is 2.49. The van der Waals surface area contributed by atoms with Gasteiger partial charge in [-0.3, -0.25) is 4.79 Å². The van der Waals surface area contributed by atoms with Gasteiger partial charge in [0.05, 0.1) is 5.41 Å². The number of nitrogens with one attached hydrogen (secondary N) is 1. The van der Waals surface area contributed by atoms with Crippen molar-refractivity contribution < 1.29 is 4.79 Å². The van der Waals surface area contributed by atoms with Crippen molar-refractivity contribution in [2.75, 3.05) is 13.6 Å². The average molecular weight is 128 g/mol. The van der Waals surface area contributed by atoms with Gasteiger partial charge in [0.25, 0.3) is 0 Å². The topological polar surface area (TPSA) is 55.1 Å². The number of hydrogen-bond donors (Lipinski definition) is 2. The van der Waals surface area contributed by atoms with E-state index in [4.69, 9.17) is 5.73 Å². The lowest BCUT2D eigenvalue weighted by Gasteiger charge is -2.07. The molecule has 0 aliphatic heterocycles. The third-order valence-electron chi connectivity index (χ3n) is 1.89. The summed E-state index contributed by atoms with van der Waals surface area (Å²) in [5, 5.41) is 2.95. The van der Waals surface area contributed by atoms with Crippen molar-refractivity contribution in [3.63, 3.8) is 0 Å². The third-order valence-corrected chi connectivity index (χ3v) is 1.89. The molecule has 1 aliphatic carbocycles. The number of carbonyl (C=O) groups excluding carboxylic acids is 1. The minimum atomic E-state index is -0.172. The van der Waals surface area contributed by atoms with Crippen LogP contribution in [-0.4, -0.2) is 19.5 Å². The highest BCUT2D eigenvalue weighted by atomic mass is 16.1. The van der Waals surface area contributed by atoms with E-state index in [1.807, 2.05) is 7.05 Å². The van der Waals surface area contributed by atoms with Gasteiger partial charge in [0, 0.05) is 6.54 Å². The normalized spacial score (nSPS) is 21.4. The lowest BCUT2D eigenvalue weighted by atomic mass is 10.1. The molecule has 3 heteroatoms. The summed E-state index contributed by atoms with van der Waals surface area (Å²) in [5.41, 5.74) is 4.97. The smallest absolute Gasteiger partial charge is 0.224 e. The van der Waals surface area contributed by atoms with E-state index >= 15 is 0 Å². The van der Waals surface area contributed by atoms with E-state index in [-0.39, 0.29) is 11.3 Å². The summed E-state index contributed by atoms with van der Waals surface area (Å²) in [6, 6.07) is 0. The van der Waals surface area contributed by atoms with Crippen LogP contribution in [0.1, 0.15) is 12.8 Å². The lowest BCUT2D eigenvalue weighted by molar-refractivity contribution is -0.122. The van der Waals surface area contributed by atoms with Crippen LogP contribution in [0.15, 0.2) is 0 Å². The summed E-state index contributed by atoms with van der Waals surface area (Å²) in [6.07, 6.45) is 1.92. The minimum absolute atomic E-state index is 0.156. The molecule has 0 aromatic carbocycles. The molecule has 1 rings (SSSR count). The first-order valence-electron chi connectivity index (χ1n) is 3.16. The zero-order valence-corrected chi connectivity index (χ0v) is 5.61. The molecule has 52 valence electrons. The second-order valence-electron chi connectivity index (χ2n) is 2.67. The van der Waals surface area contributed by atoms with E-state index in [1.54, 1.807) is 0 Å². The Kier molecular flexibility index (Phi) is 1.45. The summed E-state index contributed by atoms with van der Waals surface area (Å²) in [6.45, 7) is 0.738. The predicted molar refractivity (Wildman–Crippen MR) is 34.8 cm³/mol. The number of amides is 1. The Labute approximate surface area is 54.6 Å². The van der Waals surface area contributed by atoms with Crippen LogP contribution >= 0.6 is 0 Å². The van der Waals surface area contributed by atoms with Gasteiger partial charge >= 0.3 is 0 Å². The fourth-order valence-electron chi connectivity index (χ4n) is 1.000. The van der Waals surface area contributed by atoms with Gasteiger partial charge in [-0.15, -0.1) is 0 Å². The van der Waals surface area contributed by atoms with E-state index in [0.29, 0.717) is 0 Å². The Bertz CT molecular complexity index is 129. The minimum Gasteiger partial charge on any atom is -0.369 e. The molecule has 1 fully saturated rings. The molecular formula is C6H12N2O. The molecule has 0 saturated heterocycles. The first-order valence-corrected chi connectivity index (χ1v) is 3.16. The Morgan fingerprint density at radius 2 is 2.33 bits per heavy atom. The Hall–Kier alpha value is -0.570. The van der Waals surface area contributed by atoms with Crippen LogP contribution in [0.5, 0.6) is 0 Å². The highest BCUT2D eigenvalue weighted by Crippen LogP contribution is 2.44. The molecule has 1 saturated carbocycles. The van der Waals surface area contributed by atoms with Gasteiger partial charge in [0.15, 0.2) is 0 Å². The van der Waals surface area contributed by atoms with Crippen molar-refractivity contribution in [3.05, 3.63) is 0 Å². The molecule has 3 N–H and O–H groups in total. The fraction of sp³-hybridized carbons (Fsp3) is 0.833. The molecule has 9 heavy (non-hydrogen) atoms. The van der Waals surface area contributed by atoms with Gasteiger partial charge in [-0.2, -0.15) is 0 Å². The highest BCUT2D eigenvalue weighted by Gasteiger charge is 2.47. The van der Waals surface area contributed by atoms with Crippen molar-refractivity contribution in [3.8, 4) is 0 Å². The Morgan fingerprint density at radius 3 is 2.44 bits per heavy atom. The second kappa shape index (κ2) is 1.99. The van der Waals surface area contributed by atoms with Crippen molar-refractivity contribution in [2.45, 2.75) is 12.8 Å². The van der Waals surface area contributed by atoms with Crippen molar-refractivity contribution in [1.29, 1.82) is 0 Å². The maximum atomic E-state index is 10.7. The molecule has 1 aliphatic rings. The molecule has 0 radical (unpaired) electrons. The second-order valence-corrected chi connectivity index (χ2v) is 2.67. The maximum Gasteiger partial charge on any atom is 0.224 e. The van der Waals surface area contributed by atoms with Gasteiger partial charge in [-0.05, 0) is 19.9 Å². The van der Waals surface area contributed by atoms with Gasteiger partial charge in [-0.25, -0.2) is 0 Å². The van der Waals surface area contributed by atoms with Crippen molar-refractivity contribution >= 4 is 5.91 Å². The van der Waals surface area contributed by atoms with Crippen LogP contribution in [0.4, 0.5) is 0 Å². The van der Waals surface area contributed by atoms with Crippen molar-refractivity contribution in [2.24, 2.45) is 11.1 Å². The van der Waals surface area contributed by atoms with E-state index < -0.39 is 0 Å². The van der Waals surface area contributed by atoms with E-state index in [2.05, 4.69) is 5.32 Å². The number of hydrogen-bond acceptors (Lipinski definition) is 2. The molecule has 0 atom stereocenters. The summed E-state index contributed by atoms with van der Waals surface area (Å²) in [4.78, 5) is 10.7. The van der Waals surface area contributed by atoms with Crippen LogP contribution in [0.3, 0.4) is 0 Å². The molecule has 0 heterocycles. The molecule has 0 bridgehead atoms. The summed E-state index contributed by atoms with van der Waals surface area (Å²) >= 11 is 0. The number of rotatable bonds is 3. The number of nitrogens with two attached hydrogens (primary N) is 1. The van der Waals surface area contributed by atoms with Crippen LogP contribution < -0.4 is 11.1 Å². The summed E-state index contributed by atoms with van der Waals surface area (Å²) < 4.78 is 0. The van der Waals surface area contributed by atoms with Crippen LogP contribution in [0.2, 0.25) is 0 Å². The fourth-order valence-corrected chi connectivity index (χ4v) is 1.000. The van der Waals surface area contributed by atoms with Crippen LogP contribution in [0.25, 0.3) is 0 Å². The van der Waals surface area contributed by atoms with E-state index in [9.17, 15) is 4.79 Å². The summed E-state index contributed by atoms with van der Waals surface area (Å²) in [7, 11) is 1.84. The molecule has 0 unspecified atom stereocenters. The van der Waals surface area contributed by atoms with Gasteiger partial charge in [-0.1, -0.05) is 0 Å². The summed E-state index contributed by atoms with van der Waals surface area (Å²) in [5.74, 6) is -0.156. The zero-order valence-electron chi connectivity index (χ0n) is 5.61. The first-order chi connectivity index (χ1) is 4.21. The van der Waals surface area contributed by atoms with Crippen molar-refractivity contribution in [1.82, 2.24) is 5.32 Å². The van der Waals surface area contributed by atoms with Gasteiger partial charge < -0.3 is 11.1 Å². The molecule has 0 spiro atoms. The number of primary amides is 1. The molecular weight excluding hydrogens is 116 g/mol. The largest absolute Gasteiger partial charge is 0.369 e. The van der Waals surface area contributed by atoms with Gasteiger partial charge in [0.2, 0.25) is 5.91 Å². The van der Waals surface area contributed by atoms with Crippen LogP contribution in [-0.2, 0) is 4.79 Å². The third kappa shape index (κ3) is 1.05. The Balaban J connectivity index is 2.43. The molecule has 3 nitrogen and oxygen atoms in total. The highest BCUT2D eigenvalue weighted by molar-refractivity contribution is 5.83. The monoisotopic (exact) mass is 128 g/mol. The predicted octanol–water partition coefficient (Wildman–Crippen LogP) is -0.529. The first kappa shape index (κ1) is 6.55. The lowest BCUT2D eigenvalue weighted by Crippen LogP contribution is -2.33. The van der Waals surface area contributed by atoms with Gasteiger partial charge in [0.1, 0.15) is 0 Å². The molecule has 1 amide bonds. The van der Waals surface area contributed by atoms with E-state index in [0.717, 1.165) is 19.4 Å². The molecule has 0 aromatic rings. The van der Waals surface area contributed by atoms with E-state index in [1.165, 1.54) is 0 Å². The number of carbonyl (C=O) groups is 1. The van der Waals surface area contributed by atoms with Crippen LogP contribution in [0, 0.1) is 5.41 Å². The zero-order chi connectivity index (χ0) is 6.91. The Morgan fingerprint density at radius 1 is 1.78 bits per heavy atom. The SMILES string of the molecule is CNCC1(C(N)=O)CC1. The maximum absolute atomic E-state index is 10.7. The quantitative estimate of drug-likeness (QED) is 0.537. The standard InChI is InChI=1S/C6H12N2O/c1-8-4-6(2-3-6)5(7)9/h8H,2-4H2,1H3,(H2,7,9). The molecule has 0 aromatic heterocycles.